The highest BCUT2D eigenvalue weighted by Gasteiger charge is 2.20. The quantitative estimate of drug-likeness (QED) is 0.428. The number of ether oxygens (including phenoxy) is 1. The first kappa shape index (κ1) is 19.3. The number of aromatic nitrogens is 5. The normalized spacial score (nSPS) is 11.3. The maximum absolute atomic E-state index is 13.7. The maximum atomic E-state index is 13.7. The van der Waals surface area contributed by atoms with Crippen molar-refractivity contribution in [3.05, 3.63) is 87.6 Å². The van der Waals surface area contributed by atoms with E-state index in [0.29, 0.717) is 45.3 Å². The van der Waals surface area contributed by atoms with E-state index >= 15 is 0 Å². The number of rotatable bonds is 4. The molecular weight excluding hydrogens is 414 g/mol. The molecule has 154 valence electrons. The predicted octanol–water partition coefficient (Wildman–Crippen LogP) is 4.12. The number of pyridine rings is 1. The van der Waals surface area contributed by atoms with Gasteiger partial charge in [-0.05, 0) is 25.1 Å². The minimum absolute atomic E-state index is 0.194. The molecule has 0 unspecified atom stereocenters. The smallest absolute Gasteiger partial charge is 0.262 e. The zero-order chi connectivity index (χ0) is 21.5. The number of hydrogen-bond donors (Lipinski definition) is 0. The fourth-order valence-electron chi connectivity index (χ4n) is 3.76. The number of halogens is 1. The van der Waals surface area contributed by atoms with E-state index in [1.165, 1.54) is 0 Å². The molecule has 0 fully saturated rings. The van der Waals surface area contributed by atoms with Crippen molar-refractivity contribution >= 4 is 28.3 Å². The SMILES string of the molecule is COc1ccccc1Cn1ccc2nc3nc(C)nn3c(-c3ccccc3Cl)c2c1=O. The molecule has 0 saturated carbocycles. The van der Waals surface area contributed by atoms with Gasteiger partial charge in [0, 0.05) is 22.3 Å². The van der Waals surface area contributed by atoms with Crippen LogP contribution >= 0.6 is 11.6 Å². The summed E-state index contributed by atoms with van der Waals surface area (Å²) in [5, 5.41) is 5.43. The predicted molar refractivity (Wildman–Crippen MR) is 120 cm³/mol. The highest BCUT2D eigenvalue weighted by Crippen LogP contribution is 2.31. The fraction of sp³-hybridized carbons (Fsp3) is 0.130. The molecule has 0 N–H and O–H groups in total. The van der Waals surface area contributed by atoms with Crippen LogP contribution in [0.25, 0.3) is 27.9 Å². The molecule has 7 nitrogen and oxygen atoms in total. The van der Waals surface area contributed by atoms with Gasteiger partial charge in [-0.3, -0.25) is 4.79 Å². The van der Waals surface area contributed by atoms with Gasteiger partial charge < -0.3 is 9.30 Å². The Labute approximate surface area is 182 Å². The van der Waals surface area contributed by atoms with Crippen molar-refractivity contribution in [1.29, 1.82) is 0 Å². The minimum atomic E-state index is -0.194. The Morgan fingerprint density at radius 3 is 2.61 bits per heavy atom. The number of methoxy groups -OCH3 is 1. The van der Waals surface area contributed by atoms with E-state index < -0.39 is 0 Å². The number of nitrogens with zero attached hydrogens (tertiary/aromatic N) is 5. The third-order valence-electron chi connectivity index (χ3n) is 5.17. The third-order valence-corrected chi connectivity index (χ3v) is 5.50. The Hall–Kier alpha value is -3.71. The molecule has 8 heteroatoms. The van der Waals surface area contributed by atoms with E-state index in [2.05, 4.69) is 15.1 Å². The number of benzene rings is 2. The highest BCUT2D eigenvalue weighted by atomic mass is 35.5. The second kappa shape index (κ2) is 7.52. The van der Waals surface area contributed by atoms with Crippen LogP contribution in [0.5, 0.6) is 5.75 Å². The Bertz CT molecular complexity index is 1510. The first-order chi connectivity index (χ1) is 15.1. The molecule has 3 aromatic heterocycles. The van der Waals surface area contributed by atoms with Crippen LogP contribution in [-0.2, 0) is 6.54 Å². The first-order valence-corrected chi connectivity index (χ1v) is 10.1. The van der Waals surface area contributed by atoms with Crippen LogP contribution in [0, 0.1) is 6.92 Å². The molecule has 5 aromatic rings. The van der Waals surface area contributed by atoms with Gasteiger partial charge in [0.15, 0.2) is 0 Å². The molecule has 0 amide bonds. The highest BCUT2D eigenvalue weighted by molar-refractivity contribution is 6.33. The molecule has 0 spiro atoms. The molecule has 0 aliphatic carbocycles. The summed E-state index contributed by atoms with van der Waals surface area (Å²) < 4.78 is 8.67. The Balaban J connectivity index is 1.83. The van der Waals surface area contributed by atoms with E-state index in [0.717, 1.165) is 11.3 Å². The summed E-state index contributed by atoms with van der Waals surface area (Å²) in [6.07, 6.45) is 1.74. The zero-order valence-corrected chi connectivity index (χ0v) is 17.7. The van der Waals surface area contributed by atoms with Crippen LogP contribution in [0.4, 0.5) is 0 Å². The molecule has 0 atom stereocenters. The summed E-state index contributed by atoms with van der Waals surface area (Å²) in [6, 6.07) is 16.8. The van der Waals surface area contributed by atoms with Gasteiger partial charge in [0.25, 0.3) is 11.3 Å². The average Bonchev–Trinajstić information content (AvgIpc) is 3.15. The molecule has 2 aromatic carbocycles. The lowest BCUT2D eigenvalue weighted by Crippen LogP contribution is -2.22. The van der Waals surface area contributed by atoms with Gasteiger partial charge in [-0.1, -0.05) is 48.0 Å². The third kappa shape index (κ3) is 3.23. The van der Waals surface area contributed by atoms with E-state index in [1.807, 2.05) is 48.5 Å². The van der Waals surface area contributed by atoms with Crippen molar-refractivity contribution < 1.29 is 4.74 Å². The molecular formula is C23H18ClN5O2. The Kier molecular flexibility index (Phi) is 4.67. The molecule has 31 heavy (non-hydrogen) atoms. The van der Waals surface area contributed by atoms with Crippen molar-refractivity contribution in [3.63, 3.8) is 0 Å². The second-order valence-electron chi connectivity index (χ2n) is 7.13. The number of fused-ring (bicyclic) bond motifs is 2. The summed E-state index contributed by atoms with van der Waals surface area (Å²) in [5.74, 6) is 1.70. The number of aryl methyl sites for hydroxylation is 1. The summed E-state index contributed by atoms with van der Waals surface area (Å²) in [4.78, 5) is 22.6. The topological polar surface area (TPSA) is 74.3 Å². The van der Waals surface area contributed by atoms with Crippen molar-refractivity contribution in [1.82, 2.24) is 24.1 Å². The second-order valence-corrected chi connectivity index (χ2v) is 7.54. The van der Waals surface area contributed by atoms with Gasteiger partial charge in [-0.25, -0.2) is 4.98 Å². The minimum Gasteiger partial charge on any atom is -0.496 e. The summed E-state index contributed by atoms with van der Waals surface area (Å²) in [6.45, 7) is 2.14. The van der Waals surface area contributed by atoms with Crippen LogP contribution in [0.15, 0.2) is 65.6 Å². The van der Waals surface area contributed by atoms with Gasteiger partial charge in [0.05, 0.1) is 30.3 Å². The van der Waals surface area contributed by atoms with E-state index in [-0.39, 0.29) is 5.56 Å². The van der Waals surface area contributed by atoms with Crippen LogP contribution in [0.2, 0.25) is 5.02 Å². The van der Waals surface area contributed by atoms with Gasteiger partial charge >= 0.3 is 0 Å². The van der Waals surface area contributed by atoms with Crippen molar-refractivity contribution in [3.8, 4) is 17.0 Å². The van der Waals surface area contributed by atoms with Crippen molar-refractivity contribution in [2.24, 2.45) is 0 Å². The number of hydrogen-bond acceptors (Lipinski definition) is 5. The monoisotopic (exact) mass is 431 g/mol. The van der Waals surface area contributed by atoms with Crippen LogP contribution < -0.4 is 10.3 Å². The van der Waals surface area contributed by atoms with Crippen LogP contribution in [0.3, 0.4) is 0 Å². The standard InChI is InChI=1S/C23H18ClN5O2/c1-14-25-23-26-18-11-12-28(13-15-7-3-6-10-19(15)31-2)22(30)20(18)21(29(23)27-14)16-8-4-5-9-17(16)24/h3-12H,13H2,1-2H3. The number of para-hydroxylation sites is 1. The molecule has 0 radical (unpaired) electrons. The lowest BCUT2D eigenvalue weighted by molar-refractivity contribution is 0.408. The summed E-state index contributed by atoms with van der Waals surface area (Å²) in [5.41, 5.74) is 2.51. The largest absolute Gasteiger partial charge is 0.496 e. The Morgan fingerprint density at radius 2 is 1.81 bits per heavy atom. The Morgan fingerprint density at radius 1 is 1.03 bits per heavy atom. The molecule has 5 rings (SSSR count). The molecule has 3 heterocycles. The zero-order valence-electron chi connectivity index (χ0n) is 16.9. The molecule has 0 bridgehead atoms. The van der Waals surface area contributed by atoms with Gasteiger partial charge in [0.2, 0.25) is 0 Å². The lowest BCUT2D eigenvalue weighted by atomic mass is 10.1. The van der Waals surface area contributed by atoms with E-state index in [4.69, 9.17) is 16.3 Å². The van der Waals surface area contributed by atoms with Gasteiger partial charge in [-0.2, -0.15) is 9.50 Å². The van der Waals surface area contributed by atoms with Crippen LogP contribution in [-0.4, -0.2) is 31.3 Å². The summed E-state index contributed by atoms with van der Waals surface area (Å²) >= 11 is 6.52. The molecule has 0 saturated heterocycles. The first-order valence-electron chi connectivity index (χ1n) is 9.70. The summed E-state index contributed by atoms with van der Waals surface area (Å²) in [7, 11) is 1.62. The van der Waals surface area contributed by atoms with Gasteiger partial charge in [0.1, 0.15) is 11.6 Å². The molecule has 0 aliphatic rings. The van der Waals surface area contributed by atoms with Crippen molar-refractivity contribution in [2.45, 2.75) is 13.5 Å². The average molecular weight is 432 g/mol. The fourth-order valence-corrected chi connectivity index (χ4v) is 3.99. The van der Waals surface area contributed by atoms with E-state index in [1.54, 1.807) is 35.4 Å². The van der Waals surface area contributed by atoms with Gasteiger partial charge in [-0.15, -0.1) is 5.10 Å². The van der Waals surface area contributed by atoms with E-state index in [9.17, 15) is 4.79 Å². The van der Waals surface area contributed by atoms with Crippen LogP contribution in [0.1, 0.15) is 11.4 Å². The maximum Gasteiger partial charge on any atom is 0.262 e. The lowest BCUT2D eigenvalue weighted by Gasteiger charge is -2.13. The molecule has 0 aliphatic heterocycles. The van der Waals surface area contributed by atoms with Crippen molar-refractivity contribution in [2.75, 3.05) is 7.11 Å².